The number of anilines is 3. The summed E-state index contributed by atoms with van der Waals surface area (Å²) in [5.74, 6) is -0.427. The molecule has 0 bridgehead atoms. The molecular weight excluding hydrogens is 462 g/mol. The Balaban J connectivity index is 1.47. The number of hydrogen-bond donors (Lipinski definition) is 2. The molecule has 3 aromatic rings. The molecule has 0 saturated heterocycles. The van der Waals surface area contributed by atoms with Crippen LogP contribution in [0.3, 0.4) is 0 Å². The summed E-state index contributed by atoms with van der Waals surface area (Å²) in [5.41, 5.74) is 6.63. The Labute approximate surface area is 217 Å². The van der Waals surface area contributed by atoms with Gasteiger partial charge in [0.1, 0.15) is 0 Å². The lowest BCUT2D eigenvalue weighted by Gasteiger charge is -2.25. The molecule has 0 fully saturated rings. The highest BCUT2D eigenvalue weighted by Crippen LogP contribution is 2.38. The minimum atomic E-state index is -0.235. The van der Waals surface area contributed by atoms with E-state index < -0.39 is 0 Å². The normalized spacial score (nSPS) is 13.1. The fourth-order valence-corrected chi connectivity index (χ4v) is 4.13. The Morgan fingerprint density at radius 3 is 2.51 bits per heavy atom. The Bertz CT molecular complexity index is 1430. The highest BCUT2D eigenvalue weighted by molar-refractivity contribution is 6.13. The smallest absolute Gasteiger partial charge is 0.257 e. The summed E-state index contributed by atoms with van der Waals surface area (Å²) in [6.45, 7) is 6.97. The van der Waals surface area contributed by atoms with Gasteiger partial charge in [-0.05, 0) is 73.9 Å². The van der Waals surface area contributed by atoms with Crippen molar-refractivity contribution in [2.75, 3.05) is 23.3 Å². The van der Waals surface area contributed by atoms with Gasteiger partial charge in [-0.1, -0.05) is 31.2 Å². The first kappa shape index (κ1) is 25.4. The minimum Gasteiger partial charge on any atom is -0.348 e. The van der Waals surface area contributed by atoms with E-state index in [0.29, 0.717) is 28.9 Å². The van der Waals surface area contributed by atoms with Gasteiger partial charge in [-0.3, -0.25) is 14.6 Å². The van der Waals surface area contributed by atoms with E-state index >= 15 is 0 Å². The Morgan fingerprint density at radius 1 is 1.05 bits per heavy atom. The number of carbonyl (C=O) groups excluding carboxylic acids is 2. The van der Waals surface area contributed by atoms with Crippen LogP contribution in [0.5, 0.6) is 0 Å². The number of nitriles is 1. The summed E-state index contributed by atoms with van der Waals surface area (Å²) in [6, 6.07) is 22.3. The second-order valence-electron chi connectivity index (χ2n) is 8.92. The summed E-state index contributed by atoms with van der Waals surface area (Å²) in [6.07, 6.45) is 2.63. The van der Waals surface area contributed by atoms with Crippen molar-refractivity contribution in [2.24, 2.45) is 4.99 Å². The Hall–Kier alpha value is -4.70. The molecule has 7 heteroatoms. The third kappa shape index (κ3) is 5.76. The molecule has 7 nitrogen and oxygen atoms in total. The van der Waals surface area contributed by atoms with E-state index in [0.717, 1.165) is 41.2 Å². The van der Waals surface area contributed by atoms with Crippen LogP contribution in [0, 0.1) is 11.3 Å². The number of carbonyl (C=O) groups is 2. The molecule has 0 radical (unpaired) electrons. The lowest BCUT2D eigenvalue weighted by atomic mass is 10.1. The summed E-state index contributed by atoms with van der Waals surface area (Å²) in [4.78, 5) is 32.4. The second kappa shape index (κ2) is 11.4. The molecule has 1 heterocycles. The molecule has 0 saturated carbocycles. The molecule has 186 valence electrons. The number of nitrogens with zero attached hydrogens (tertiary/aromatic N) is 3. The monoisotopic (exact) mass is 491 g/mol. The molecule has 2 N–H and O–H groups in total. The van der Waals surface area contributed by atoms with Crippen LogP contribution in [-0.4, -0.2) is 30.6 Å². The number of para-hydroxylation sites is 1. The molecule has 0 atom stereocenters. The molecule has 3 aromatic carbocycles. The van der Waals surface area contributed by atoms with Crippen LogP contribution in [0.1, 0.15) is 59.0 Å². The predicted octanol–water partition coefficient (Wildman–Crippen LogP) is 5.81. The summed E-state index contributed by atoms with van der Waals surface area (Å²) in [7, 11) is 0. The average molecular weight is 492 g/mol. The number of hydrogen-bond acceptors (Lipinski definition) is 5. The van der Waals surface area contributed by atoms with Crippen molar-refractivity contribution >= 4 is 34.6 Å². The van der Waals surface area contributed by atoms with Crippen LogP contribution in [0.15, 0.2) is 83.5 Å². The first-order chi connectivity index (χ1) is 17.9. The van der Waals surface area contributed by atoms with Gasteiger partial charge < -0.3 is 15.5 Å². The third-order valence-electron chi connectivity index (χ3n) is 6.12. The zero-order valence-electron chi connectivity index (χ0n) is 21.2. The molecule has 0 unspecified atom stereocenters. The van der Waals surface area contributed by atoms with Gasteiger partial charge in [-0.15, -0.1) is 0 Å². The highest BCUT2D eigenvalue weighted by atomic mass is 16.2. The molecular formula is C30H29N5O2. The van der Waals surface area contributed by atoms with Gasteiger partial charge in [-0.2, -0.15) is 5.26 Å². The molecule has 1 aliphatic rings. The van der Waals surface area contributed by atoms with Crippen molar-refractivity contribution in [3.05, 3.63) is 101 Å². The van der Waals surface area contributed by atoms with Gasteiger partial charge >= 0.3 is 0 Å². The van der Waals surface area contributed by atoms with Crippen molar-refractivity contribution in [3.8, 4) is 6.07 Å². The van der Waals surface area contributed by atoms with Crippen molar-refractivity contribution in [1.82, 2.24) is 5.32 Å². The van der Waals surface area contributed by atoms with Crippen LogP contribution in [-0.2, 0) is 0 Å². The fourth-order valence-electron chi connectivity index (χ4n) is 4.13. The maximum atomic E-state index is 12.9. The van der Waals surface area contributed by atoms with Crippen molar-refractivity contribution in [2.45, 2.75) is 27.2 Å². The van der Waals surface area contributed by atoms with E-state index in [-0.39, 0.29) is 11.8 Å². The van der Waals surface area contributed by atoms with E-state index in [1.165, 1.54) is 0 Å². The van der Waals surface area contributed by atoms with Crippen LogP contribution >= 0.6 is 0 Å². The lowest BCUT2D eigenvalue weighted by Crippen LogP contribution is -2.25. The van der Waals surface area contributed by atoms with Gasteiger partial charge in [-0.25, -0.2) is 0 Å². The van der Waals surface area contributed by atoms with E-state index in [1.54, 1.807) is 30.5 Å². The number of nitrogens with one attached hydrogen (secondary N) is 2. The molecule has 1 aliphatic heterocycles. The number of benzene rings is 3. The molecule has 4 rings (SSSR count). The van der Waals surface area contributed by atoms with Crippen LogP contribution < -0.4 is 15.5 Å². The van der Waals surface area contributed by atoms with E-state index in [4.69, 9.17) is 5.26 Å². The number of amides is 2. The topological polar surface area (TPSA) is 97.6 Å². The summed E-state index contributed by atoms with van der Waals surface area (Å²) < 4.78 is 0. The quantitative estimate of drug-likeness (QED) is 0.407. The van der Waals surface area contributed by atoms with Crippen LogP contribution in [0.2, 0.25) is 0 Å². The average Bonchev–Trinajstić information content (AvgIpc) is 3.04. The van der Waals surface area contributed by atoms with Gasteiger partial charge in [0.05, 0.1) is 34.3 Å². The van der Waals surface area contributed by atoms with Crippen molar-refractivity contribution in [3.63, 3.8) is 0 Å². The second-order valence-corrected chi connectivity index (χ2v) is 8.92. The van der Waals surface area contributed by atoms with Crippen molar-refractivity contribution in [1.29, 1.82) is 5.26 Å². The third-order valence-corrected chi connectivity index (χ3v) is 6.12. The zero-order valence-corrected chi connectivity index (χ0v) is 21.2. The maximum absolute atomic E-state index is 12.9. The van der Waals surface area contributed by atoms with Gasteiger partial charge in [0, 0.05) is 30.6 Å². The molecule has 37 heavy (non-hydrogen) atoms. The Kier molecular flexibility index (Phi) is 7.80. The standard InChI is InChI=1S/C30H29N5O2/c1-4-15-35-27-8-6-5-7-25(27)30(37)34-26-16-24(13-14-28(26)35)29(36)33-19-20(2)18-32-21(3)23-11-9-22(17-31)10-12-23/h5-14,16,18H,4,15,19H2,1-3H3,(H,33,36)(H,34,37)/b20-18+,32-21+. The van der Waals surface area contributed by atoms with Crippen molar-refractivity contribution < 1.29 is 9.59 Å². The fraction of sp³-hybridized carbons (Fsp3) is 0.200. The van der Waals surface area contributed by atoms with E-state index in [9.17, 15) is 9.59 Å². The lowest BCUT2D eigenvalue weighted by molar-refractivity contribution is 0.0955. The minimum absolute atomic E-state index is 0.192. The Morgan fingerprint density at radius 2 is 1.78 bits per heavy atom. The first-order valence-corrected chi connectivity index (χ1v) is 12.2. The highest BCUT2D eigenvalue weighted by Gasteiger charge is 2.25. The molecule has 0 aliphatic carbocycles. The molecule has 2 amide bonds. The largest absolute Gasteiger partial charge is 0.348 e. The summed E-state index contributed by atoms with van der Waals surface area (Å²) in [5, 5.41) is 14.8. The summed E-state index contributed by atoms with van der Waals surface area (Å²) >= 11 is 0. The van der Waals surface area contributed by atoms with Gasteiger partial charge in [0.2, 0.25) is 0 Å². The van der Waals surface area contributed by atoms with Gasteiger partial charge in [0.15, 0.2) is 0 Å². The SMILES string of the molecule is CCCN1c2ccc(C(=O)NC/C(C)=C/N=C(\C)c3ccc(C#N)cc3)cc2NC(=O)c2ccccc21. The van der Waals surface area contributed by atoms with Crippen LogP contribution in [0.4, 0.5) is 17.1 Å². The number of rotatable bonds is 7. The van der Waals surface area contributed by atoms with Gasteiger partial charge in [0.25, 0.3) is 11.8 Å². The molecule has 0 spiro atoms. The van der Waals surface area contributed by atoms with E-state index in [1.807, 2.05) is 56.3 Å². The van der Waals surface area contributed by atoms with E-state index in [2.05, 4.69) is 33.5 Å². The molecule has 0 aromatic heterocycles. The first-order valence-electron chi connectivity index (χ1n) is 12.2. The maximum Gasteiger partial charge on any atom is 0.257 e. The zero-order chi connectivity index (χ0) is 26.4. The number of aliphatic imine (C=N–C) groups is 1. The number of fused-ring (bicyclic) bond motifs is 2. The van der Waals surface area contributed by atoms with Crippen LogP contribution in [0.25, 0.3) is 0 Å². The predicted molar refractivity (Wildman–Crippen MR) is 148 cm³/mol.